The number of fused-ring (bicyclic) bond motifs is 1. The Morgan fingerprint density at radius 3 is 2.57 bits per heavy atom. The first-order valence-electron chi connectivity index (χ1n) is 10.1. The van der Waals surface area contributed by atoms with Crippen molar-refractivity contribution >= 4 is 28.6 Å². The van der Waals surface area contributed by atoms with Crippen molar-refractivity contribution in [2.45, 2.75) is 56.6 Å². The molecule has 158 valence electrons. The van der Waals surface area contributed by atoms with E-state index in [-0.39, 0.29) is 23.3 Å². The van der Waals surface area contributed by atoms with Crippen molar-refractivity contribution in [1.29, 1.82) is 0 Å². The van der Waals surface area contributed by atoms with Crippen LogP contribution in [0.25, 0.3) is 10.9 Å². The third kappa shape index (κ3) is 5.08. The van der Waals surface area contributed by atoms with E-state index in [2.05, 4.69) is 17.2 Å². The standard InChI is InChI=1S/C23H26FN3O2S/c1-4-5-14-27-22(29)19-8-6-7-9-20(19)26-23(27)30-16(3)21(28)25-15(2)17-10-12-18(24)13-11-17/h6-13,15-16H,4-5,14H2,1-3H3,(H,25,28). The van der Waals surface area contributed by atoms with Gasteiger partial charge in [-0.05, 0) is 50.1 Å². The van der Waals surface area contributed by atoms with Gasteiger partial charge in [-0.2, -0.15) is 0 Å². The lowest BCUT2D eigenvalue weighted by Crippen LogP contribution is -2.34. The molecular formula is C23H26FN3O2S. The number of para-hydroxylation sites is 1. The molecule has 3 aromatic rings. The van der Waals surface area contributed by atoms with Crippen LogP contribution in [-0.2, 0) is 11.3 Å². The second-order valence-corrected chi connectivity index (χ2v) is 8.57. The van der Waals surface area contributed by atoms with E-state index in [1.165, 1.54) is 23.9 Å². The van der Waals surface area contributed by atoms with Crippen LogP contribution in [0, 0.1) is 5.82 Å². The Labute approximate surface area is 179 Å². The lowest BCUT2D eigenvalue weighted by molar-refractivity contribution is -0.120. The Morgan fingerprint density at radius 2 is 1.87 bits per heavy atom. The van der Waals surface area contributed by atoms with Gasteiger partial charge in [-0.25, -0.2) is 9.37 Å². The summed E-state index contributed by atoms with van der Waals surface area (Å²) in [5, 5.41) is 3.63. The van der Waals surface area contributed by atoms with Crippen molar-refractivity contribution in [3.8, 4) is 0 Å². The van der Waals surface area contributed by atoms with Gasteiger partial charge in [0, 0.05) is 6.54 Å². The maximum atomic E-state index is 13.1. The van der Waals surface area contributed by atoms with Gasteiger partial charge in [0.15, 0.2) is 5.16 Å². The number of rotatable bonds is 8. The van der Waals surface area contributed by atoms with Crippen LogP contribution in [0.5, 0.6) is 0 Å². The molecule has 0 aliphatic heterocycles. The van der Waals surface area contributed by atoms with Crippen molar-refractivity contribution in [2.24, 2.45) is 0 Å². The molecule has 0 saturated heterocycles. The molecule has 30 heavy (non-hydrogen) atoms. The number of thioether (sulfide) groups is 1. The molecule has 0 spiro atoms. The van der Waals surface area contributed by atoms with Crippen LogP contribution in [-0.4, -0.2) is 20.7 Å². The molecule has 0 fully saturated rings. The van der Waals surface area contributed by atoms with Gasteiger partial charge in [0.1, 0.15) is 5.82 Å². The van der Waals surface area contributed by atoms with E-state index in [9.17, 15) is 14.0 Å². The number of aromatic nitrogens is 2. The largest absolute Gasteiger partial charge is 0.349 e. The predicted octanol–water partition coefficient (Wildman–Crippen LogP) is 4.69. The van der Waals surface area contributed by atoms with Gasteiger partial charge in [-0.3, -0.25) is 14.2 Å². The number of nitrogens with zero attached hydrogens (tertiary/aromatic N) is 2. The molecule has 1 N–H and O–H groups in total. The summed E-state index contributed by atoms with van der Waals surface area (Å²) in [7, 11) is 0. The van der Waals surface area contributed by atoms with Gasteiger partial charge in [0.25, 0.3) is 5.56 Å². The first-order chi connectivity index (χ1) is 14.4. The van der Waals surface area contributed by atoms with Crippen LogP contribution in [0.3, 0.4) is 0 Å². The highest BCUT2D eigenvalue weighted by molar-refractivity contribution is 8.00. The average molecular weight is 428 g/mol. The van der Waals surface area contributed by atoms with E-state index in [4.69, 9.17) is 0 Å². The fourth-order valence-electron chi connectivity index (χ4n) is 3.13. The molecule has 0 aliphatic rings. The Hall–Kier alpha value is -2.67. The van der Waals surface area contributed by atoms with Crippen molar-refractivity contribution in [3.63, 3.8) is 0 Å². The van der Waals surface area contributed by atoms with E-state index in [0.29, 0.717) is 22.6 Å². The zero-order valence-electron chi connectivity index (χ0n) is 17.4. The molecule has 7 heteroatoms. The SMILES string of the molecule is CCCCn1c(SC(C)C(=O)NC(C)c2ccc(F)cc2)nc2ccccc2c1=O. The first-order valence-corrected chi connectivity index (χ1v) is 11.0. The van der Waals surface area contributed by atoms with Gasteiger partial charge in [0.2, 0.25) is 5.91 Å². The van der Waals surface area contributed by atoms with Crippen molar-refractivity contribution in [3.05, 3.63) is 70.3 Å². The second kappa shape index (κ2) is 9.89. The first kappa shape index (κ1) is 22.0. The molecule has 0 radical (unpaired) electrons. The molecule has 0 saturated carbocycles. The van der Waals surface area contributed by atoms with Crippen molar-refractivity contribution < 1.29 is 9.18 Å². The van der Waals surface area contributed by atoms with Crippen LogP contribution in [0.1, 0.15) is 45.2 Å². The zero-order valence-corrected chi connectivity index (χ0v) is 18.2. The monoisotopic (exact) mass is 427 g/mol. The molecule has 0 aliphatic carbocycles. The van der Waals surface area contributed by atoms with Crippen LogP contribution in [0.4, 0.5) is 4.39 Å². The number of hydrogen-bond acceptors (Lipinski definition) is 4. The number of benzene rings is 2. The van der Waals surface area contributed by atoms with E-state index in [0.717, 1.165) is 18.4 Å². The Morgan fingerprint density at radius 1 is 1.17 bits per heavy atom. The number of unbranched alkanes of at least 4 members (excludes halogenated alkanes) is 1. The Balaban J connectivity index is 1.80. The summed E-state index contributed by atoms with van der Waals surface area (Å²) in [5.74, 6) is -0.477. The van der Waals surface area contributed by atoms with Crippen LogP contribution >= 0.6 is 11.8 Å². The van der Waals surface area contributed by atoms with E-state index < -0.39 is 5.25 Å². The smallest absolute Gasteiger partial charge is 0.262 e. The molecule has 2 aromatic carbocycles. The minimum absolute atomic E-state index is 0.0798. The normalized spacial score (nSPS) is 13.2. The fraction of sp³-hybridized carbons (Fsp3) is 0.348. The highest BCUT2D eigenvalue weighted by atomic mass is 32.2. The number of nitrogens with one attached hydrogen (secondary N) is 1. The maximum Gasteiger partial charge on any atom is 0.262 e. The number of halogens is 1. The number of carbonyl (C=O) groups excluding carboxylic acids is 1. The topological polar surface area (TPSA) is 64.0 Å². The fourth-order valence-corrected chi connectivity index (χ4v) is 4.07. The van der Waals surface area contributed by atoms with Crippen LogP contribution in [0.2, 0.25) is 0 Å². The summed E-state index contributed by atoms with van der Waals surface area (Å²) in [4.78, 5) is 30.4. The minimum Gasteiger partial charge on any atom is -0.349 e. The summed E-state index contributed by atoms with van der Waals surface area (Å²) in [6.07, 6.45) is 1.81. The molecule has 2 unspecified atom stereocenters. The van der Waals surface area contributed by atoms with Gasteiger partial charge in [0.05, 0.1) is 22.2 Å². The molecule has 1 aromatic heterocycles. The van der Waals surface area contributed by atoms with Gasteiger partial charge in [-0.15, -0.1) is 0 Å². The van der Waals surface area contributed by atoms with Crippen LogP contribution in [0.15, 0.2) is 58.5 Å². The second-order valence-electron chi connectivity index (χ2n) is 7.26. The molecule has 2 atom stereocenters. The molecule has 5 nitrogen and oxygen atoms in total. The summed E-state index contributed by atoms with van der Waals surface area (Å²) >= 11 is 1.28. The number of amides is 1. The Bertz CT molecular complexity index is 1080. The van der Waals surface area contributed by atoms with Crippen molar-refractivity contribution in [2.75, 3.05) is 0 Å². The van der Waals surface area contributed by atoms with Gasteiger partial charge in [-0.1, -0.05) is 49.4 Å². The lowest BCUT2D eigenvalue weighted by Gasteiger charge is -2.19. The molecule has 3 rings (SSSR count). The van der Waals surface area contributed by atoms with Crippen LogP contribution < -0.4 is 10.9 Å². The van der Waals surface area contributed by atoms with E-state index in [1.54, 1.807) is 29.7 Å². The third-order valence-electron chi connectivity index (χ3n) is 4.94. The highest BCUT2D eigenvalue weighted by Gasteiger charge is 2.21. The Kier molecular flexibility index (Phi) is 7.26. The predicted molar refractivity (Wildman–Crippen MR) is 119 cm³/mol. The lowest BCUT2D eigenvalue weighted by atomic mass is 10.1. The van der Waals surface area contributed by atoms with Gasteiger partial charge >= 0.3 is 0 Å². The molecule has 0 bridgehead atoms. The summed E-state index contributed by atoms with van der Waals surface area (Å²) in [6.45, 7) is 6.28. The van der Waals surface area contributed by atoms with E-state index in [1.807, 2.05) is 25.1 Å². The summed E-state index contributed by atoms with van der Waals surface area (Å²) in [5.41, 5.74) is 1.37. The average Bonchev–Trinajstić information content (AvgIpc) is 2.74. The summed E-state index contributed by atoms with van der Waals surface area (Å²) in [6, 6.07) is 13.1. The molecule has 1 heterocycles. The van der Waals surface area contributed by atoms with Gasteiger partial charge < -0.3 is 5.32 Å². The third-order valence-corrected chi connectivity index (χ3v) is 6.03. The quantitative estimate of drug-likeness (QED) is 0.418. The highest BCUT2D eigenvalue weighted by Crippen LogP contribution is 2.24. The zero-order chi connectivity index (χ0) is 21.7. The number of hydrogen-bond donors (Lipinski definition) is 1. The van der Waals surface area contributed by atoms with Crippen molar-refractivity contribution in [1.82, 2.24) is 14.9 Å². The molecule has 1 amide bonds. The minimum atomic E-state index is -0.450. The number of carbonyl (C=O) groups is 1. The molecular weight excluding hydrogens is 401 g/mol. The maximum absolute atomic E-state index is 13.1. The summed E-state index contributed by atoms with van der Waals surface area (Å²) < 4.78 is 14.8. The van der Waals surface area contributed by atoms with E-state index >= 15 is 0 Å².